The molecule has 6 heteroatoms. The Hall–Kier alpha value is -2.21. The van der Waals surface area contributed by atoms with E-state index in [1.54, 1.807) is 0 Å². The number of amides is 3. The van der Waals surface area contributed by atoms with Gasteiger partial charge >= 0.3 is 0 Å². The average molecular weight is 354 g/mol. The Labute approximate surface area is 152 Å². The fourth-order valence-corrected chi connectivity index (χ4v) is 6.08. The number of imide groups is 1. The first-order valence-corrected chi connectivity index (χ1v) is 9.44. The maximum Gasteiger partial charge on any atom is 0.291 e. The van der Waals surface area contributed by atoms with E-state index in [1.807, 2.05) is 45.0 Å². The lowest BCUT2D eigenvalue weighted by atomic mass is 9.75. The van der Waals surface area contributed by atoms with Gasteiger partial charge in [0, 0.05) is 23.9 Å². The highest BCUT2D eigenvalue weighted by atomic mass is 16.2. The third-order valence-corrected chi connectivity index (χ3v) is 6.80. The van der Waals surface area contributed by atoms with Crippen LogP contribution in [0.25, 0.3) is 0 Å². The second-order valence-electron chi connectivity index (χ2n) is 9.02. The number of likely N-dealkylation sites (tertiary alicyclic amines) is 1. The molecular formula is C20H24N3O3+. The van der Waals surface area contributed by atoms with Crippen LogP contribution in [0.5, 0.6) is 0 Å². The number of nitrogens with one attached hydrogen (secondary N) is 2. The highest BCUT2D eigenvalue weighted by Gasteiger charge is 2.78. The van der Waals surface area contributed by atoms with Crippen molar-refractivity contribution in [2.45, 2.75) is 50.7 Å². The van der Waals surface area contributed by atoms with Crippen molar-refractivity contribution in [2.75, 3.05) is 11.9 Å². The van der Waals surface area contributed by atoms with Crippen molar-refractivity contribution in [3.63, 3.8) is 0 Å². The van der Waals surface area contributed by atoms with Gasteiger partial charge in [-0.3, -0.25) is 19.3 Å². The second kappa shape index (κ2) is 4.74. The molecule has 0 aliphatic carbocycles. The van der Waals surface area contributed by atoms with Crippen LogP contribution in [-0.2, 0) is 19.9 Å². The normalized spacial score (nSPS) is 38.0. The largest absolute Gasteiger partial charge is 0.320 e. The van der Waals surface area contributed by atoms with E-state index in [0.29, 0.717) is 0 Å². The minimum Gasteiger partial charge on any atom is -0.320 e. The molecule has 3 saturated heterocycles. The summed E-state index contributed by atoms with van der Waals surface area (Å²) < 4.78 is 0. The van der Waals surface area contributed by atoms with E-state index in [0.717, 1.165) is 35.5 Å². The molecule has 3 fully saturated rings. The van der Waals surface area contributed by atoms with Crippen LogP contribution in [0, 0.1) is 11.8 Å². The standard InChI is InChI=1S/C20H23N3O3/c1-19(2,3)23-16(24)14-13-9-6-10-22(13)20(15(14)17(23)25)11-7-4-5-8-12(11)21-18(20)26/h4-5,7-8,13-15H,6,9-10H2,1-3H3,(H,21,26)/p+1/t13-,14+,15-,20+/m0/s1. The Balaban J connectivity index is 1.76. The topological polar surface area (TPSA) is 70.9 Å². The molecule has 0 saturated carbocycles. The van der Waals surface area contributed by atoms with Crippen LogP contribution in [0.4, 0.5) is 5.69 Å². The van der Waals surface area contributed by atoms with Crippen LogP contribution in [0.3, 0.4) is 0 Å². The van der Waals surface area contributed by atoms with E-state index in [-0.39, 0.29) is 23.8 Å². The maximum absolute atomic E-state index is 13.5. The summed E-state index contributed by atoms with van der Waals surface area (Å²) in [5.41, 5.74) is 0.129. The maximum atomic E-state index is 13.5. The zero-order valence-electron chi connectivity index (χ0n) is 15.3. The van der Waals surface area contributed by atoms with E-state index in [9.17, 15) is 14.4 Å². The summed E-state index contributed by atoms with van der Waals surface area (Å²) in [4.78, 5) is 42.7. The number of nitrogens with zero attached hydrogens (tertiary/aromatic N) is 1. The number of hydrogen-bond donors (Lipinski definition) is 2. The molecule has 0 aromatic heterocycles. The summed E-state index contributed by atoms with van der Waals surface area (Å²) in [6.07, 6.45) is 1.88. The van der Waals surface area contributed by atoms with E-state index in [1.165, 1.54) is 4.90 Å². The summed E-state index contributed by atoms with van der Waals surface area (Å²) in [5, 5.41) is 3.00. The van der Waals surface area contributed by atoms with E-state index < -0.39 is 22.9 Å². The zero-order chi connectivity index (χ0) is 18.4. The summed E-state index contributed by atoms with van der Waals surface area (Å²) in [5.74, 6) is -1.38. The number of carbonyl (C=O) groups is 3. The van der Waals surface area contributed by atoms with Crippen LogP contribution in [0.15, 0.2) is 24.3 Å². The summed E-state index contributed by atoms with van der Waals surface area (Å²) >= 11 is 0. The summed E-state index contributed by atoms with van der Waals surface area (Å²) in [6.45, 7) is 6.49. The number of hydrogen-bond acceptors (Lipinski definition) is 3. The quantitative estimate of drug-likeness (QED) is 0.658. The van der Waals surface area contributed by atoms with Crippen molar-refractivity contribution < 1.29 is 19.3 Å². The first-order chi connectivity index (χ1) is 12.3. The molecule has 26 heavy (non-hydrogen) atoms. The lowest BCUT2D eigenvalue weighted by molar-refractivity contribution is -0.948. The second-order valence-corrected chi connectivity index (χ2v) is 9.02. The van der Waals surface area contributed by atoms with Crippen LogP contribution < -0.4 is 10.2 Å². The first-order valence-electron chi connectivity index (χ1n) is 9.44. The van der Waals surface area contributed by atoms with Gasteiger partial charge in [0.15, 0.2) is 0 Å². The number of benzene rings is 1. The van der Waals surface area contributed by atoms with Crippen molar-refractivity contribution in [3.8, 4) is 0 Å². The fraction of sp³-hybridized carbons (Fsp3) is 0.550. The smallest absolute Gasteiger partial charge is 0.291 e. The number of fused-ring (bicyclic) bond motifs is 7. The minimum atomic E-state index is -0.963. The van der Waals surface area contributed by atoms with Crippen molar-refractivity contribution in [3.05, 3.63) is 29.8 Å². The SMILES string of the molecule is CC(C)(C)N1C(=O)[C@H]2[C@@H](C1=O)[C@]1(C(=O)Nc3ccccc31)[NH+]1CCC[C@@H]21. The van der Waals surface area contributed by atoms with Gasteiger partial charge in [-0.05, 0) is 26.8 Å². The van der Waals surface area contributed by atoms with E-state index >= 15 is 0 Å². The Kier molecular flexibility index (Phi) is 2.92. The van der Waals surface area contributed by atoms with Crippen LogP contribution >= 0.6 is 0 Å². The minimum absolute atomic E-state index is 0.0423. The van der Waals surface area contributed by atoms with E-state index in [2.05, 4.69) is 5.32 Å². The highest BCUT2D eigenvalue weighted by molar-refractivity contribution is 6.14. The van der Waals surface area contributed by atoms with Gasteiger partial charge in [-0.1, -0.05) is 18.2 Å². The molecule has 136 valence electrons. The zero-order valence-corrected chi connectivity index (χ0v) is 15.3. The number of carbonyl (C=O) groups excluding carboxylic acids is 3. The Morgan fingerprint density at radius 1 is 1.15 bits per heavy atom. The van der Waals surface area contributed by atoms with Gasteiger partial charge in [0.25, 0.3) is 5.91 Å². The van der Waals surface area contributed by atoms with E-state index in [4.69, 9.17) is 0 Å². The molecule has 0 radical (unpaired) electrons. The number of rotatable bonds is 0. The van der Waals surface area contributed by atoms with Crippen molar-refractivity contribution >= 4 is 23.4 Å². The Morgan fingerprint density at radius 3 is 2.62 bits per heavy atom. The third-order valence-electron chi connectivity index (χ3n) is 6.80. The molecule has 5 atom stereocenters. The molecule has 4 heterocycles. The highest BCUT2D eigenvalue weighted by Crippen LogP contribution is 2.52. The summed E-state index contributed by atoms with van der Waals surface area (Å²) in [6, 6.07) is 7.70. The molecule has 4 aliphatic rings. The molecule has 2 N–H and O–H groups in total. The Bertz CT molecular complexity index is 858. The van der Waals surface area contributed by atoms with Gasteiger partial charge in [0.05, 0.1) is 12.2 Å². The number of quaternary nitrogens is 1. The molecule has 1 aromatic rings. The monoisotopic (exact) mass is 354 g/mol. The van der Waals surface area contributed by atoms with Gasteiger partial charge in [0.1, 0.15) is 17.9 Å². The van der Waals surface area contributed by atoms with Crippen molar-refractivity contribution in [1.82, 2.24) is 4.90 Å². The van der Waals surface area contributed by atoms with Gasteiger partial charge in [-0.25, -0.2) is 0 Å². The van der Waals surface area contributed by atoms with Crippen LogP contribution in [-0.4, -0.2) is 40.7 Å². The van der Waals surface area contributed by atoms with Gasteiger partial charge in [-0.15, -0.1) is 0 Å². The van der Waals surface area contributed by atoms with Gasteiger partial charge < -0.3 is 10.2 Å². The van der Waals surface area contributed by atoms with Crippen molar-refractivity contribution in [1.29, 1.82) is 0 Å². The number of anilines is 1. The third kappa shape index (κ3) is 1.60. The average Bonchev–Trinajstić information content (AvgIpc) is 3.24. The molecule has 3 amide bonds. The van der Waals surface area contributed by atoms with Gasteiger partial charge in [-0.2, -0.15) is 0 Å². The van der Waals surface area contributed by atoms with Crippen molar-refractivity contribution in [2.24, 2.45) is 11.8 Å². The fourth-order valence-electron chi connectivity index (χ4n) is 6.08. The molecule has 5 rings (SSSR count). The van der Waals surface area contributed by atoms with Crippen LogP contribution in [0.2, 0.25) is 0 Å². The predicted molar refractivity (Wildman–Crippen MR) is 94.2 cm³/mol. The molecule has 1 spiro atoms. The molecule has 1 unspecified atom stereocenters. The molecule has 1 aromatic carbocycles. The lowest BCUT2D eigenvalue weighted by Gasteiger charge is -2.36. The first kappa shape index (κ1) is 16.0. The lowest BCUT2D eigenvalue weighted by Crippen LogP contribution is -3.19. The summed E-state index contributed by atoms with van der Waals surface area (Å²) in [7, 11) is 0. The molecular weight excluding hydrogens is 330 g/mol. The number of para-hydroxylation sites is 1. The molecule has 4 aliphatic heterocycles. The Morgan fingerprint density at radius 2 is 1.88 bits per heavy atom. The molecule has 0 bridgehead atoms. The molecule has 6 nitrogen and oxygen atoms in total. The predicted octanol–water partition coefficient (Wildman–Crippen LogP) is 0.295. The van der Waals surface area contributed by atoms with Gasteiger partial charge in [0.2, 0.25) is 17.4 Å². The van der Waals surface area contributed by atoms with Crippen LogP contribution in [0.1, 0.15) is 39.2 Å².